The van der Waals surface area contributed by atoms with Gasteiger partial charge in [0.15, 0.2) is 6.10 Å². The topological polar surface area (TPSA) is 73.3 Å². The quantitative estimate of drug-likeness (QED) is 0.730. The van der Waals surface area contributed by atoms with Crippen LogP contribution in [0.2, 0.25) is 0 Å². The number of carboxylic acid groups (broad SMARTS) is 1. The summed E-state index contributed by atoms with van der Waals surface area (Å²) in [6, 6.07) is 6.13. The van der Waals surface area contributed by atoms with Crippen LogP contribution in [-0.2, 0) is 16.1 Å². The SMILES string of the molecule is Cc1ccc(CN2CCN(C(=O)OC(C)C(F)(F)F)CC2)c(N2CCC[C@@H](C(=O)O)C2)c1. The van der Waals surface area contributed by atoms with Crippen molar-refractivity contribution in [1.82, 2.24) is 9.80 Å². The molecule has 1 amide bonds. The fourth-order valence-corrected chi connectivity index (χ4v) is 4.12. The number of aryl methyl sites for hydroxylation is 1. The molecule has 10 heteroatoms. The van der Waals surface area contributed by atoms with Gasteiger partial charge in [0, 0.05) is 51.5 Å². The molecule has 0 radical (unpaired) electrons. The van der Waals surface area contributed by atoms with Crippen LogP contribution in [0.1, 0.15) is 30.9 Å². The Balaban J connectivity index is 1.61. The van der Waals surface area contributed by atoms with Gasteiger partial charge in [-0.05, 0) is 43.9 Å². The molecule has 1 N–H and O–H groups in total. The van der Waals surface area contributed by atoms with Gasteiger partial charge in [-0.15, -0.1) is 0 Å². The van der Waals surface area contributed by atoms with Crippen LogP contribution in [0.15, 0.2) is 18.2 Å². The van der Waals surface area contributed by atoms with Crippen LogP contribution in [0.3, 0.4) is 0 Å². The van der Waals surface area contributed by atoms with Crippen LogP contribution in [0.5, 0.6) is 0 Å². The van der Waals surface area contributed by atoms with Gasteiger partial charge in [0.1, 0.15) is 0 Å². The van der Waals surface area contributed by atoms with Crippen LogP contribution >= 0.6 is 0 Å². The first-order chi connectivity index (χ1) is 15.0. The number of hydrogen-bond acceptors (Lipinski definition) is 5. The maximum Gasteiger partial charge on any atom is 0.425 e. The van der Waals surface area contributed by atoms with Gasteiger partial charge in [0.25, 0.3) is 0 Å². The number of ether oxygens (including phenoxy) is 1. The Morgan fingerprint density at radius 2 is 1.88 bits per heavy atom. The summed E-state index contributed by atoms with van der Waals surface area (Å²) in [6.07, 6.45) is -6.16. The Hall–Kier alpha value is -2.49. The van der Waals surface area contributed by atoms with Gasteiger partial charge in [0.2, 0.25) is 0 Å². The van der Waals surface area contributed by atoms with Crippen molar-refractivity contribution in [1.29, 1.82) is 0 Å². The highest BCUT2D eigenvalue weighted by Crippen LogP contribution is 2.29. The number of anilines is 1. The third kappa shape index (κ3) is 6.05. The monoisotopic (exact) mass is 457 g/mol. The van der Waals surface area contributed by atoms with E-state index >= 15 is 0 Å². The Morgan fingerprint density at radius 3 is 2.50 bits per heavy atom. The number of piperazine rings is 1. The number of carbonyl (C=O) groups is 2. The Labute approximate surface area is 185 Å². The number of rotatable bonds is 5. The van der Waals surface area contributed by atoms with Crippen LogP contribution < -0.4 is 4.90 Å². The molecular weight excluding hydrogens is 427 g/mol. The minimum Gasteiger partial charge on any atom is -0.481 e. The van der Waals surface area contributed by atoms with E-state index in [1.54, 1.807) is 0 Å². The number of alkyl halides is 3. The van der Waals surface area contributed by atoms with Gasteiger partial charge in [-0.25, -0.2) is 4.79 Å². The number of carbonyl (C=O) groups excluding carboxylic acids is 1. The second-order valence-electron chi connectivity index (χ2n) is 8.59. The molecule has 2 aliphatic heterocycles. The van der Waals surface area contributed by atoms with Gasteiger partial charge in [0.05, 0.1) is 5.92 Å². The smallest absolute Gasteiger partial charge is 0.425 e. The average molecular weight is 457 g/mol. The van der Waals surface area contributed by atoms with Crippen molar-refractivity contribution in [2.75, 3.05) is 44.2 Å². The molecule has 178 valence electrons. The van der Waals surface area contributed by atoms with Gasteiger partial charge in [-0.2, -0.15) is 13.2 Å². The summed E-state index contributed by atoms with van der Waals surface area (Å²) in [5.74, 6) is -1.16. The second-order valence-corrected chi connectivity index (χ2v) is 8.59. The molecule has 2 heterocycles. The molecule has 2 fully saturated rings. The number of aliphatic carboxylic acids is 1. The predicted octanol–water partition coefficient (Wildman–Crippen LogP) is 3.50. The second kappa shape index (κ2) is 9.97. The molecule has 2 atom stereocenters. The standard InChI is InChI=1S/C22H30F3N3O4/c1-15-5-6-17(19(12-15)28-7-3-4-18(14-28)20(29)30)13-26-8-10-27(11-9-26)21(31)32-16(2)22(23,24)25/h5-6,12,16,18H,3-4,7-11,13-14H2,1-2H3,(H,29,30)/t16?,18-/m1/s1. The summed E-state index contributed by atoms with van der Waals surface area (Å²) in [5, 5.41) is 9.42. The van der Waals surface area contributed by atoms with Crippen LogP contribution in [0.25, 0.3) is 0 Å². The average Bonchev–Trinajstić information content (AvgIpc) is 2.74. The number of hydrogen-bond donors (Lipinski definition) is 1. The first-order valence-electron chi connectivity index (χ1n) is 10.9. The molecule has 0 aromatic heterocycles. The number of benzene rings is 1. The highest BCUT2D eigenvalue weighted by atomic mass is 19.4. The summed E-state index contributed by atoms with van der Waals surface area (Å²) in [4.78, 5) is 29.1. The normalized spacial score (nSPS) is 21.3. The van der Waals surface area contributed by atoms with Gasteiger partial charge in [-0.1, -0.05) is 12.1 Å². The first-order valence-corrected chi connectivity index (χ1v) is 10.9. The van der Waals surface area contributed by atoms with Crippen molar-refractivity contribution in [2.24, 2.45) is 5.92 Å². The van der Waals surface area contributed by atoms with E-state index in [9.17, 15) is 27.9 Å². The molecule has 1 aromatic rings. The van der Waals surface area contributed by atoms with E-state index in [0.717, 1.165) is 36.7 Å². The zero-order valence-corrected chi connectivity index (χ0v) is 18.4. The third-order valence-electron chi connectivity index (χ3n) is 6.12. The Kier molecular flexibility index (Phi) is 7.53. The lowest BCUT2D eigenvalue weighted by atomic mass is 9.96. The highest BCUT2D eigenvalue weighted by molar-refractivity contribution is 5.71. The van der Waals surface area contributed by atoms with Gasteiger partial charge < -0.3 is 19.6 Å². The molecule has 32 heavy (non-hydrogen) atoms. The lowest BCUT2D eigenvalue weighted by Crippen LogP contribution is -2.49. The van der Waals surface area contributed by atoms with Crippen LogP contribution in [0.4, 0.5) is 23.7 Å². The molecule has 2 aliphatic rings. The molecule has 0 spiro atoms. The summed E-state index contributed by atoms with van der Waals surface area (Å²) in [6.45, 7) is 6.32. The number of carboxylic acids is 1. The van der Waals surface area contributed by atoms with E-state index in [1.807, 2.05) is 19.1 Å². The number of nitrogens with zero attached hydrogens (tertiary/aromatic N) is 3. The van der Waals surface area contributed by atoms with Crippen molar-refractivity contribution in [2.45, 2.75) is 45.5 Å². The summed E-state index contributed by atoms with van der Waals surface area (Å²) in [7, 11) is 0. The van der Waals surface area contributed by atoms with Crippen molar-refractivity contribution >= 4 is 17.7 Å². The third-order valence-corrected chi connectivity index (χ3v) is 6.12. The first kappa shape index (κ1) is 24.2. The van der Waals surface area contributed by atoms with Crippen molar-refractivity contribution in [3.8, 4) is 0 Å². The summed E-state index contributed by atoms with van der Waals surface area (Å²) < 4.78 is 42.4. The van der Waals surface area contributed by atoms with E-state index in [4.69, 9.17) is 0 Å². The molecule has 2 saturated heterocycles. The van der Waals surface area contributed by atoms with Crippen molar-refractivity contribution in [3.63, 3.8) is 0 Å². The highest BCUT2D eigenvalue weighted by Gasteiger charge is 2.40. The van der Waals surface area contributed by atoms with Crippen molar-refractivity contribution in [3.05, 3.63) is 29.3 Å². The lowest BCUT2D eigenvalue weighted by Gasteiger charge is -2.37. The molecular formula is C22H30F3N3O4. The van der Waals surface area contributed by atoms with Gasteiger partial charge >= 0.3 is 18.2 Å². The fourth-order valence-electron chi connectivity index (χ4n) is 4.12. The fraction of sp³-hybridized carbons (Fsp3) is 0.636. The molecule has 1 aromatic carbocycles. The summed E-state index contributed by atoms with van der Waals surface area (Å²) in [5.41, 5.74) is 3.19. The Bertz CT molecular complexity index is 825. The molecule has 3 rings (SSSR count). The van der Waals surface area contributed by atoms with Crippen LogP contribution in [0, 0.1) is 12.8 Å². The maximum atomic E-state index is 12.6. The van der Waals surface area contributed by atoms with E-state index < -0.39 is 24.3 Å². The van der Waals surface area contributed by atoms with E-state index in [1.165, 1.54) is 4.90 Å². The van der Waals surface area contributed by atoms with Crippen molar-refractivity contribution < 1.29 is 32.6 Å². The minimum absolute atomic E-state index is 0.287. The number of amides is 1. The largest absolute Gasteiger partial charge is 0.481 e. The molecule has 7 nitrogen and oxygen atoms in total. The predicted molar refractivity (Wildman–Crippen MR) is 113 cm³/mol. The number of piperidine rings is 1. The molecule has 0 bridgehead atoms. The van der Waals surface area contributed by atoms with E-state index in [-0.39, 0.29) is 19.0 Å². The molecule has 0 saturated carbocycles. The zero-order chi connectivity index (χ0) is 23.5. The van der Waals surface area contributed by atoms with Crippen LogP contribution in [-0.4, -0.2) is 78.5 Å². The molecule has 1 unspecified atom stereocenters. The van der Waals surface area contributed by atoms with E-state index in [0.29, 0.717) is 32.6 Å². The number of halogens is 3. The lowest BCUT2D eigenvalue weighted by molar-refractivity contribution is -0.200. The van der Waals surface area contributed by atoms with E-state index in [2.05, 4.69) is 20.6 Å². The summed E-state index contributed by atoms with van der Waals surface area (Å²) >= 11 is 0. The zero-order valence-electron chi connectivity index (χ0n) is 18.4. The Morgan fingerprint density at radius 1 is 1.19 bits per heavy atom. The molecule has 0 aliphatic carbocycles. The minimum atomic E-state index is -4.58. The van der Waals surface area contributed by atoms with Gasteiger partial charge in [-0.3, -0.25) is 9.69 Å². The maximum absolute atomic E-state index is 12.6.